The van der Waals surface area contributed by atoms with Crippen molar-refractivity contribution in [2.75, 3.05) is 7.11 Å². The zero-order chi connectivity index (χ0) is 17.1. The summed E-state index contributed by atoms with van der Waals surface area (Å²) in [4.78, 5) is 23.7. The van der Waals surface area contributed by atoms with Crippen LogP contribution in [-0.2, 0) is 16.1 Å². The zero-order valence-electron chi connectivity index (χ0n) is 13.2. The van der Waals surface area contributed by atoms with Crippen molar-refractivity contribution in [2.24, 2.45) is 0 Å². The molecule has 122 valence electrons. The molecule has 0 radical (unpaired) electrons. The van der Waals surface area contributed by atoms with E-state index in [-0.39, 0.29) is 12.1 Å². The molecule has 0 fully saturated rings. The first-order chi connectivity index (χ1) is 11.6. The molecule has 0 bridgehead atoms. The van der Waals surface area contributed by atoms with Gasteiger partial charge in [-0.05, 0) is 18.6 Å². The van der Waals surface area contributed by atoms with Crippen LogP contribution in [0.4, 0.5) is 0 Å². The number of ether oxygens (including phenoxy) is 1. The van der Waals surface area contributed by atoms with Gasteiger partial charge in [-0.15, -0.1) is 0 Å². The Labute approximate surface area is 137 Å². The van der Waals surface area contributed by atoms with Crippen molar-refractivity contribution in [1.29, 1.82) is 0 Å². The van der Waals surface area contributed by atoms with E-state index in [2.05, 4.69) is 15.0 Å². The van der Waals surface area contributed by atoms with Crippen molar-refractivity contribution in [3.05, 3.63) is 57.7 Å². The molecule has 2 aromatic heterocycles. The van der Waals surface area contributed by atoms with E-state index >= 15 is 0 Å². The summed E-state index contributed by atoms with van der Waals surface area (Å²) in [7, 11) is 1.25. The predicted molar refractivity (Wildman–Crippen MR) is 88.2 cm³/mol. The molecular weight excluding hydrogens is 310 g/mol. The van der Waals surface area contributed by atoms with E-state index in [1.54, 1.807) is 13.0 Å². The lowest BCUT2D eigenvalue weighted by Crippen LogP contribution is -2.28. The van der Waals surface area contributed by atoms with Crippen molar-refractivity contribution in [3.63, 3.8) is 0 Å². The smallest absolute Gasteiger partial charge is 0.327 e. The Morgan fingerprint density at radius 1 is 1.29 bits per heavy atom. The lowest BCUT2D eigenvalue weighted by Gasteiger charge is -2.04. The molecule has 0 aliphatic carbocycles. The van der Waals surface area contributed by atoms with E-state index < -0.39 is 11.5 Å². The molecule has 0 unspecified atom stereocenters. The fourth-order valence-corrected chi connectivity index (χ4v) is 2.34. The molecule has 7 nitrogen and oxygen atoms in total. The third-order valence-electron chi connectivity index (χ3n) is 3.52. The first kappa shape index (κ1) is 15.7. The molecule has 0 N–H and O–H groups in total. The van der Waals surface area contributed by atoms with Gasteiger partial charge in [-0.1, -0.05) is 41.6 Å². The number of benzene rings is 1. The number of rotatable bonds is 4. The Bertz CT molecular complexity index is 971. The summed E-state index contributed by atoms with van der Waals surface area (Å²) in [5.41, 5.74) is 1.18. The number of aromatic nitrogens is 3. The Kier molecular flexibility index (Phi) is 4.24. The van der Waals surface area contributed by atoms with E-state index in [4.69, 9.17) is 4.52 Å². The fourth-order valence-electron chi connectivity index (χ4n) is 2.34. The van der Waals surface area contributed by atoms with Crippen LogP contribution in [0.2, 0.25) is 0 Å². The number of hydrogen-bond acceptors (Lipinski definition) is 6. The first-order valence-electron chi connectivity index (χ1n) is 7.27. The van der Waals surface area contributed by atoms with E-state index in [9.17, 15) is 9.59 Å². The summed E-state index contributed by atoms with van der Waals surface area (Å²) in [6.45, 7) is 1.46. The highest BCUT2D eigenvalue weighted by Crippen LogP contribution is 2.20. The van der Waals surface area contributed by atoms with Crippen LogP contribution in [-0.4, -0.2) is 28.0 Å². The number of hydrogen-bond donors (Lipinski definition) is 0. The largest absolute Gasteiger partial charge is 0.468 e. The van der Waals surface area contributed by atoms with Crippen LogP contribution >= 0.6 is 0 Å². The number of nitrogens with zero attached hydrogens (tertiary/aromatic N) is 3. The second-order valence-corrected chi connectivity index (χ2v) is 5.14. The maximum atomic E-state index is 12.4. The fraction of sp³-hybridized carbons (Fsp3) is 0.176. The average Bonchev–Trinajstić information content (AvgIpc) is 3.03. The van der Waals surface area contributed by atoms with Crippen molar-refractivity contribution in [3.8, 4) is 0 Å². The normalized spacial score (nSPS) is 11.2. The Balaban J connectivity index is 2.04. The van der Waals surface area contributed by atoms with Gasteiger partial charge in [0.1, 0.15) is 6.54 Å². The predicted octanol–water partition coefficient (Wildman–Crippen LogP) is 2.04. The molecule has 2 heterocycles. The van der Waals surface area contributed by atoms with Gasteiger partial charge in [0.25, 0.3) is 5.56 Å². The highest BCUT2D eigenvalue weighted by Gasteiger charge is 2.17. The topological polar surface area (TPSA) is 87.2 Å². The van der Waals surface area contributed by atoms with E-state index in [0.29, 0.717) is 16.8 Å². The molecule has 0 saturated carbocycles. The van der Waals surface area contributed by atoms with Gasteiger partial charge >= 0.3 is 5.97 Å². The van der Waals surface area contributed by atoms with Gasteiger partial charge in [0, 0.05) is 0 Å². The standard InChI is InChI=1S/C17H15N3O4/c1-11-15-13(9-8-12-6-4-3-5-7-12)24-19-16(15)17(22)20(18-11)10-14(21)23-2/h3-9H,10H2,1-2H3/b9-8+. The van der Waals surface area contributed by atoms with Gasteiger partial charge in [0.2, 0.25) is 0 Å². The number of carbonyl (C=O) groups is 1. The van der Waals surface area contributed by atoms with Crippen LogP contribution in [0.3, 0.4) is 0 Å². The van der Waals surface area contributed by atoms with Crippen molar-refractivity contribution in [2.45, 2.75) is 13.5 Å². The molecule has 24 heavy (non-hydrogen) atoms. The summed E-state index contributed by atoms with van der Waals surface area (Å²) < 4.78 is 10.9. The van der Waals surface area contributed by atoms with Crippen molar-refractivity contribution >= 4 is 29.0 Å². The van der Waals surface area contributed by atoms with Gasteiger partial charge < -0.3 is 9.26 Å². The quantitative estimate of drug-likeness (QED) is 0.682. The number of carbonyl (C=O) groups excluding carboxylic acids is 1. The summed E-state index contributed by atoms with van der Waals surface area (Å²) in [5.74, 6) is -0.114. The lowest BCUT2D eigenvalue weighted by atomic mass is 10.1. The molecule has 0 aliphatic rings. The zero-order valence-corrected chi connectivity index (χ0v) is 13.2. The van der Waals surface area contributed by atoms with Crippen LogP contribution < -0.4 is 5.56 Å². The van der Waals surface area contributed by atoms with Gasteiger partial charge in [-0.3, -0.25) is 9.59 Å². The van der Waals surface area contributed by atoms with Crippen molar-refractivity contribution in [1.82, 2.24) is 14.9 Å². The summed E-state index contributed by atoms with van der Waals surface area (Å²) >= 11 is 0. The second-order valence-electron chi connectivity index (χ2n) is 5.14. The molecular formula is C17H15N3O4. The number of methoxy groups -OCH3 is 1. The second kappa shape index (κ2) is 6.49. The summed E-state index contributed by atoms with van der Waals surface area (Å²) in [6, 6.07) is 9.68. The Morgan fingerprint density at radius 3 is 2.75 bits per heavy atom. The number of aryl methyl sites for hydroxylation is 1. The van der Waals surface area contributed by atoms with Crippen molar-refractivity contribution < 1.29 is 14.1 Å². The molecule has 7 heteroatoms. The van der Waals surface area contributed by atoms with Crippen LogP contribution in [0.1, 0.15) is 17.0 Å². The Hall–Kier alpha value is -3.22. The Morgan fingerprint density at radius 2 is 2.04 bits per heavy atom. The highest BCUT2D eigenvalue weighted by atomic mass is 16.5. The van der Waals surface area contributed by atoms with Gasteiger partial charge in [0.15, 0.2) is 11.3 Å². The van der Waals surface area contributed by atoms with Crippen LogP contribution in [0.15, 0.2) is 39.6 Å². The van der Waals surface area contributed by atoms with E-state index in [1.165, 1.54) is 7.11 Å². The maximum Gasteiger partial charge on any atom is 0.327 e. The molecule has 3 aromatic rings. The minimum atomic E-state index is -0.559. The van der Waals surface area contributed by atoms with Gasteiger partial charge in [0.05, 0.1) is 18.2 Å². The lowest BCUT2D eigenvalue weighted by molar-refractivity contribution is -0.141. The minimum absolute atomic E-state index is 0.138. The van der Waals surface area contributed by atoms with Crippen LogP contribution in [0.25, 0.3) is 23.1 Å². The van der Waals surface area contributed by atoms with Crippen LogP contribution in [0.5, 0.6) is 0 Å². The summed E-state index contributed by atoms with van der Waals surface area (Å²) in [6.07, 6.45) is 3.60. The van der Waals surface area contributed by atoms with Gasteiger partial charge in [-0.2, -0.15) is 5.10 Å². The molecule has 0 amide bonds. The monoisotopic (exact) mass is 325 g/mol. The minimum Gasteiger partial charge on any atom is -0.468 e. The molecule has 0 aliphatic heterocycles. The molecule has 1 aromatic carbocycles. The highest BCUT2D eigenvalue weighted by molar-refractivity contribution is 5.89. The van der Waals surface area contributed by atoms with E-state index in [0.717, 1.165) is 10.2 Å². The number of esters is 1. The molecule has 0 saturated heterocycles. The van der Waals surface area contributed by atoms with E-state index in [1.807, 2.05) is 36.4 Å². The molecule has 0 spiro atoms. The first-order valence-corrected chi connectivity index (χ1v) is 7.27. The maximum absolute atomic E-state index is 12.4. The van der Waals surface area contributed by atoms with Gasteiger partial charge in [-0.25, -0.2) is 4.68 Å². The third-order valence-corrected chi connectivity index (χ3v) is 3.52. The SMILES string of the molecule is COC(=O)Cn1nc(C)c2c(/C=C/c3ccccc3)onc2c1=O. The summed E-state index contributed by atoms with van der Waals surface area (Å²) in [5, 5.41) is 8.51. The average molecular weight is 325 g/mol. The molecule has 0 atom stereocenters. The number of fused-ring (bicyclic) bond motifs is 1. The third kappa shape index (κ3) is 2.96. The van der Waals surface area contributed by atoms with Crippen LogP contribution in [0, 0.1) is 6.92 Å². The molecule has 3 rings (SSSR count).